The predicted molar refractivity (Wildman–Crippen MR) is 102 cm³/mol. The molecule has 27 heavy (non-hydrogen) atoms. The smallest absolute Gasteiger partial charge is 0.164 e. The van der Waals surface area contributed by atoms with Crippen LogP contribution < -0.4 is 0 Å². The Labute approximate surface area is 161 Å². The summed E-state index contributed by atoms with van der Waals surface area (Å²) in [6, 6.07) is 0. The van der Waals surface area contributed by atoms with E-state index in [1.165, 1.54) is 0 Å². The highest BCUT2D eigenvalue weighted by atomic mass is 19.1. The van der Waals surface area contributed by atoms with E-state index in [9.17, 15) is 15.0 Å². The van der Waals surface area contributed by atoms with E-state index in [1.807, 2.05) is 32.9 Å². The van der Waals surface area contributed by atoms with Gasteiger partial charge in [0.1, 0.15) is 5.60 Å². The Morgan fingerprint density at radius 3 is 2.74 bits per heavy atom. The number of allylic oxidation sites excluding steroid dienone is 3. The van der Waals surface area contributed by atoms with Gasteiger partial charge in [0.05, 0.1) is 11.5 Å². The minimum atomic E-state index is -1.80. The summed E-state index contributed by atoms with van der Waals surface area (Å²) in [4.78, 5) is 12.8. The molecule has 0 aromatic rings. The van der Waals surface area contributed by atoms with E-state index in [4.69, 9.17) is 0 Å². The summed E-state index contributed by atoms with van der Waals surface area (Å²) in [6.45, 7) is 7.45. The van der Waals surface area contributed by atoms with Gasteiger partial charge in [0.2, 0.25) is 0 Å². The zero-order valence-corrected chi connectivity index (χ0v) is 16.8. The minimum absolute atomic E-state index is 0.109. The molecule has 0 aliphatic heterocycles. The van der Waals surface area contributed by atoms with E-state index < -0.39 is 28.2 Å². The summed E-state index contributed by atoms with van der Waals surface area (Å²) in [5.74, 6) is -0.924. The van der Waals surface area contributed by atoms with Gasteiger partial charge in [-0.25, -0.2) is 4.39 Å². The molecular weight excluding hydrogens is 343 g/mol. The van der Waals surface area contributed by atoms with Gasteiger partial charge < -0.3 is 10.2 Å². The maximum Gasteiger partial charge on any atom is 0.164 e. The van der Waals surface area contributed by atoms with E-state index in [2.05, 4.69) is 5.73 Å². The second kappa shape index (κ2) is 5.65. The van der Waals surface area contributed by atoms with Crippen molar-refractivity contribution in [3.8, 4) is 0 Å². The van der Waals surface area contributed by atoms with Gasteiger partial charge in [-0.1, -0.05) is 32.4 Å². The maximum atomic E-state index is 16.9. The van der Waals surface area contributed by atoms with Crippen molar-refractivity contribution < 1.29 is 19.4 Å². The molecule has 0 aromatic carbocycles. The Morgan fingerprint density at radius 1 is 1.37 bits per heavy atom. The Hall–Kier alpha value is -1.22. The van der Waals surface area contributed by atoms with Crippen molar-refractivity contribution in [2.75, 3.05) is 0 Å². The Kier molecular flexibility index (Phi) is 4.00. The largest absolute Gasteiger partial charge is 0.390 e. The average Bonchev–Trinajstić information content (AvgIpc) is 2.83. The summed E-state index contributed by atoms with van der Waals surface area (Å²) in [6.07, 6.45) is 6.70. The lowest BCUT2D eigenvalue weighted by atomic mass is 9.45. The molecule has 2 N–H and O–H groups in total. The summed E-state index contributed by atoms with van der Waals surface area (Å²) in [7, 11) is 0. The van der Waals surface area contributed by atoms with Crippen molar-refractivity contribution in [1.29, 1.82) is 0 Å². The monoisotopic (exact) mass is 374 g/mol. The van der Waals surface area contributed by atoms with Crippen molar-refractivity contribution in [2.24, 2.45) is 28.6 Å². The molecule has 8 atom stereocenters. The van der Waals surface area contributed by atoms with Gasteiger partial charge in [-0.3, -0.25) is 4.79 Å². The topological polar surface area (TPSA) is 57.5 Å². The van der Waals surface area contributed by atoms with Crippen LogP contribution in [0.2, 0.25) is 0 Å². The van der Waals surface area contributed by atoms with Crippen LogP contribution in [-0.4, -0.2) is 33.4 Å². The van der Waals surface area contributed by atoms with Crippen LogP contribution in [0.3, 0.4) is 0 Å². The molecule has 4 heteroatoms. The average molecular weight is 374 g/mol. The molecule has 0 unspecified atom stereocenters. The number of aliphatic hydroxyl groups is 2. The number of ketones is 1. The van der Waals surface area contributed by atoms with Gasteiger partial charge in [-0.05, 0) is 56.6 Å². The number of rotatable bonds is 2. The molecule has 0 bridgehead atoms. The van der Waals surface area contributed by atoms with Crippen molar-refractivity contribution in [2.45, 2.75) is 77.2 Å². The predicted octanol–water partition coefficient (Wildman–Crippen LogP) is 3.90. The lowest BCUT2D eigenvalue weighted by Gasteiger charge is -2.62. The van der Waals surface area contributed by atoms with E-state index in [0.29, 0.717) is 12.8 Å². The highest BCUT2D eigenvalue weighted by molar-refractivity contribution is 5.88. The second-order valence-corrected chi connectivity index (χ2v) is 9.71. The first-order valence-corrected chi connectivity index (χ1v) is 10.3. The van der Waals surface area contributed by atoms with Crippen molar-refractivity contribution in [3.05, 3.63) is 29.5 Å². The molecule has 4 aliphatic rings. The Bertz CT molecular complexity index is 780. The number of carbonyl (C=O) groups is 1. The third-order valence-electron chi connectivity index (χ3n) is 8.82. The lowest BCUT2D eigenvalue weighted by Crippen LogP contribution is -2.69. The number of fused-ring (bicyclic) bond motifs is 5. The number of aliphatic hydroxyl groups excluding tert-OH is 1. The first kappa shape index (κ1) is 19.1. The van der Waals surface area contributed by atoms with Crippen LogP contribution in [0.4, 0.5) is 4.39 Å². The molecule has 0 saturated heterocycles. The molecule has 4 rings (SSSR count). The van der Waals surface area contributed by atoms with Gasteiger partial charge in [0.15, 0.2) is 11.5 Å². The highest BCUT2D eigenvalue weighted by Crippen LogP contribution is 2.70. The lowest BCUT2D eigenvalue weighted by molar-refractivity contribution is -0.218. The first-order valence-electron chi connectivity index (χ1n) is 10.3. The van der Waals surface area contributed by atoms with Gasteiger partial charge in [0, 0.05) is 17.8 Å². The summed E-state index contributed by atoms with van der Waals surface area (Å²) < 4.78 is 16.9. The molecular formula is C23H31FO3. The zero-order chi connectivity index (χ0) is 19.8. The van der Waals surface area contributed by atoms with Gasteiger partial charge in [-0.15, -0.1) is 5.73 Å². The third-order valence-corrected chi connectivity index (χ3v) is 8.82. The van der Waals surface area contributed by atoms with Gasteiger partial charge >= 0.3 is 0 Å². The van der Waals surface area contributed by atoms with Crippen LogP contribution >= 0.6 is 0 Å². The number of alkyl halides is 1. The Morgan fingerprint density at radius 2 is 2.07 bits per heavy atom. The van der Waals surface area contributed by atoms with Crippen LogP contribution in [0.1, 0.15) is 59.8 Å². The fourth-order valence-electron chi connectivity index (χ4n) is 7.31. The molecule has 0 spiro atoms. The van der Waals surface area contributed by atoms with Crippen LogP contribution in [0.25, 0.3) is 0 Å². The second-order valence-electron chi connectivity index (χ2n) is 9.71. The van der Waals surface area contributed by atoms with Crippen LogP contribution in [-0.2, 0) is 4.79 Å². The number of hydrogen-bond donors (Lipinski definition) is 2. The van der Waals surface area contributed by atoms with Crippen LogP contribution in [0.5, 0.6) is 0 Å². The molecule has 4 aliphatic carbocycles. The summed E-state index contributed by atoms with van der Waals surface area (Å²) in [5.41, 5.74) is -0.928. The molecule has 0 aromatic heterocycles. The van der Waals surface area contributed by atoms with E-state index in [1.54, 1.807) is 13.0 Å². The number of halogens is 1. The molecule has 3 saturated carbocycles. The standard InChI is InChI=1S/C23H31FO3/c1-5-18(25)23(27)14(2)12-17-16-10-9-15-8-6-7-11-20(15,3)22(16,24)19(26)13-21(17,23)4/h6,8,11,14,16-17,19,26-27H,5,9-10,12-13H2,1-4H3/t14-,16-,17-,19-,20-,21-,22-,23-/m0/s1. The zero-order valence-electron chi connectivity index (χ0n) is 16.8. The summed E-state index contributed by atoms with van der Waals surface area (Å²) >= 11 is 0. The van der Waals surface area contributed by atoms with Crippen LogP contribution in [0.15, 0.2) is 29.5 Å². The van der Waals surface area contributed by atoms with Gasteiger partial charge in [0.25, 0.3) is 0 Å². The van der Waals surface area contributed by atoms with E-state index in [-0.39, 0.29) is 36.4 Å². The maximum absolute atomic E-state index is 16.9. The quantitative estimate of drug-likeness (QED) is 0.721. The summed E-state index contributed by atoms with van der Waals surface area (Å²) in [5, 5.41) is 22.7. The Balaban J connectivity index is 1.85. The number of Topliss-reactive ketones (excluding diaryl/α,β-unsaturated/α-hetero) is 1. The molecule has 148 valence electrons. The molecule has 0 heterocycles. The number of carbonyl (C=O) groups excluding carboxylic acids is 1. The van der Waals surface area contributed by atoms with Crippen molar-refractivity contribution in [3.63, 3.8) is 0 Å². The third kappa shape index (κ3) is 1.97. The van der Waals surface area contributed by atoms with E-state index in [0.717, 1.165) is 12.0 Å². The van der Waals surface area contributed by atoms with Crippen molar-refractivity contribution >= 4 is 5.78 Å². The SMILES string of the molecule is CCC(=O)[C@@]1(O)[C@@H](C)C[C@H]2[C@@H]3CCC4=CC=C=C[C@]4(C)[C@@]3(F)[C@@H](O)C[C@@]21C. The van der Waals surface area contributed by atoms with Crippen molar-refractivity contribution in [1.82, 2.24) is 0 Å². The normalized spacial score (nSPS) is 53.4. The first-order chi connectivity index (χ1) is 12.6. The molecule has 0 radical (unpaired) electrons. The highest BCUT2D eigenvalue weighted by Gasteiger charge is 2.75. The van der Waals surface area contributed by atoms with E-state index >= 15 is 4.39 Å². The fourth-order valence-corrected chi connectivity index (χ4v) is 7.31. The van der Waals surface area contributed by atoms with Gasteiger partial charge in [-0.2, -0.15) is 0 Å². The molecule has 0 amide bonds. The van der Waals surface area contributed by atoms with Crippen LogP contribution in [0, 0.1) is 28.6 Å². The molecule has 3 fully saturated rings. The number of hydrogen-bond acceptors (Lipinski definition) is 3. The fraction of sp³-hybridized carbons (Fsp3) is 0.739. The minimum Gasteiger partial charge on any atom is -0.390 e. The molecule has 3 nitrogen and oxygen atoms in total.